The summed E-state index contributed by atoms with van der Waals surface area (Å²) in [5, 5.41) is 6.80. The first kappa shape index (κ1) is 15.8. The molecule has 1 atom stereocenters. The van der Waals surface area contributed by atoms with Crippen molar-refractivity contribution in [3.8, 4) is 5.75 Å². The predicted molar refractivity (Wildman–Crippen MR) is 85.3 cm³/mol. The number of amides is 1. The van der Waals surface area contributed by atoms with Crippen LogP contribution in [0.15, 0.2) is 48.6 Å². The van der Waals surface area contributed by atoms with E-state index in [1.54, 1.807) is 18.2 Å². The largest absolute Gasteiger partial charge is 0.487 e. The molecule has 24 heavy (non-hydrogen) atoms. The molecular weight excluding hydrogens is 310 g/mol. The quantitative estimate of drug-likeness (QED) is 0.665. The summed E-state index contributed by atoms with van der Waals surface area (Å²) in [4.78, 5) is 25.6. The third kappa shape index (κ3) is 3.29. The Labute approximate surface area is 138 Å². The van der Waals surface area contributed by atoms with E-state index in [1.165, 1.54) is 12.0 Å². The van der Waals surface area contributed by atoms with Crippen LogP contribution in [0.2, 0.25) is 0 Å². The summed E-state index contributed by atoms with van der Waals surface area (Å²) in [6.45, 7) is 0.615. The Hall–Kier alpha value is -3.09. The van der Waals surface area contributed by atoms with Gasteiger partial charge in [0.15, 0.2) is 5.69 Å². The molecule has 0 saturated carbocycles. The molecule has 2 heterocycles. The first-order chi connectivity index (χ1) is 11.7. The number of carbonyl (C=O) groups is 2. The molecule has 1 aliphatic rings. The summed E-state index contributed by atoms with van der Waals surface area (Å²) in [6.07, 6.45) is 3.40. The number of esters is 1. The van der Waals surface area contributed by atoms with Crippen LogP contribution in [0, 0.1) is 0 Å². The number of para-hydroxylation sites is 1. The van der Waals surface area contributed by atoms with Crippen LogP contribution in [-0.2, 0) is 16.1 Å². The normalized spacial score (nSPS) is 16.2. The molecule has 3 rings (SSSR count). The number of nitrogens with zero attached hydrogens (tertiary/aromatic N) is 2. The number of rotatable bonds is 5. The highest BCUT2D eigenvalue weighted by Crippen LogP contribution is 2.16. The van der Waals surface area contributed by atoms with Crippen LogP contribution in [0.4, 0.5) is 0 Å². The number of nitrogens with one attached hydrogen (secondary N) is 1. The van der Waals surface area contributed by atoms with Gasteiger partial charge < -0.3 is 14.4 Å². The lowest BCUT2D eigenvalue weighted by Crippen LogP contribution is -2.41. The highest BCUT2D eigenvalue weighted by atomic mass is 16.5. The zero-order chi connectivity index (χ0) is 16.9. The molecule has 1 aromatic heterocycles. The lowest BCUT2D eigenvalue weighted by Gasteiger charge is -2.21. The third-order valence-electron chi connectivity index (χ3n) is 3.65. The summed E-state index contributed by atoms with van der Waals surface area (Å²) < 4.78 is 10.3. The van der Waals surface area contributed by atoms with E-state index < -0.39 is 12.0 Å². The van der Waals surface area contributed by atoms with Gasteiger partial charge >= 0.3 is 5.97 Å². The Balaban J connectivity index is 1.64. The van der Waals surface area contributed by atoms with Crippen molar-refractivity contribution in [1.82, 2.24) is 15.1 Å². The van der Waals surface area contributed by atoms with E-state index in [-0.39, 0.29) is 18.2 Å². The molecule has 0 bridgehead atoms. The van der Waals surface area contributed by atoms with Gasteiger partial charge in [-0.1, -0.05) is 30.4 Å². The number of H-pyrrole nitrogens is 1. The van der Waals surface area contributed by atoms with Crippen molar-refractivity contribution in [2.45, 2.75) is 12.6 Å². The molecule has 1 aliphatic heterocycles. The van der Waals surface area contributed by atoms with Gasteiger partial charge in [0.25, 0.3) is 5.91 Å². The average Bonchev–Trinajstić information content (AvgIpc) is 3.29. The highest BCUT2D eigenvalue weighted by molar-refractivity contribution is 5.96. The van der Waals surface area contributed by atoms with Crippen molar-refractivity contribution in [3.05, 3.63) is 59.9 Å². The fourth-order valence-corrected chi connectivity index (χ4v) is 2.43. The molecule has 0 radical (unpaired) electrons. The van der Waals surface area contributed by atoms with Gasteiger partial charge in [-0.25, -0.2) is 4.79 Å². The summed E-state index contributed by atoms with van der Waals surface area (Å²) >= 11 is 0. The number of ether oxygens (including phenoxy) is 2. The Morgan fingerprint density at radius 3 is 2.88 bits per heavy atom. The Kier molecular flexibility index (Phi) is 4.60. The van der Waals surface area contributed by atoms with E-state index in [4.69, 9.17) is 9.47 Å². The Bertz CT molecular complexity index is 754. The van der Waals surface area contributed by atoms with E-state index >= 15 is 0 Å². The molecule has 1 aromatic carbocycles. The van der Waals surface area contributed by atoms with E-state index in [1.807, 2.05) is 30.3 Å². The molecule has 0 unspecified atom stereocenters. The predicted octanol–water partition coefficient (Wildman–Crippen LogP) is 1.54. The molecule has 1 N–H and O–H groups in total. The maximum absolute atomic E-state index is 12.5. The van der Waals surface area contributed by atoms with Crippen LogP contribution in [0.25, 0.3) is 0 Å². The van der Waals surface area contributed by atoms with Gasteiger partial charge in [-0.15, -0.1) is 0 Å². The number of benzene rings is 1. The van der Waals surface area contributed by atoms with Crippen molar-refractivity contribution in [2.75, 3.05) is 13.7 Å². The molecule has 0 spiro atoms. The van der Waals surface area contributed by atoms with Gasteiger partial charge in [-0.3, -0.25) is 9.89 Å². The summed E-state index contributed by atoms with van der Waals surface area (Å²) in [6, 6.07) is 10.3. The van der Waals surface area contributed by atoms with Gasteiger partial charge in [0.05, 0.1) is 12.8 Å². The van der Waals surface area contributed by atoms with E-state index in [9.17, 15) is 9.59 Å². The number of hydrogen-bond donors (Lipinski definition) is 1. The van der Waals surface area contributed by atoms with E-state index in [2.05, 4.69) is 10.2 Å². The molecule has 7 heteroatoms. The van der Waals surface area contributed by atoms with Gasteiger partial charge in [-0.2, -0.15) is 5.10 Å². The second kappa shape index (κ2) is 6.99. The molecule has 1 amide bonds. The lowest BCUT2D eigenvalue weighted by molar-refractivity contribution is -0.143. The van der Waals surface area contributed by atoms with Crippen LogP contribution in [0.1, 0.15) is 16.2 Å². The number of carbonyl (C=O) groups excluding carboxylic acids is 2. The minimum Gasteiger partial charge on any atom is -0.487 e. The fraction of sp³-hybridized carbons (Fsp3) is 0.235. The molecule has 0 saturated heterocycles. The van der Waals surface area contributed by atoms with E-state index in [0.29, 0.717) is 12.2 Å². The maximum Gasteiger partial charge on any atom is 0.332 e. The van der Waals surface area contributed by atoms with Crippen LogP contribution in [-0.4, -0.2) is 46.7 Å². The van der Waals surface area contributed by atoms with Gasteiger partial charge in [0, 0.05) is 6.54 Å². The van der Waals surface area contributed by atoms with Gasteiger partial charge in [0.2, 0.25) is 0 Å². The second-order valence-corrected chi connectivity index (χ2v) is 5.23. The SMILES string of the molecule is COC(=O)[C@H]1C=CCN1C(=O)c1cc(COc2ccccc2)[nH]n1. The van der Waals surface area contributed by atoms with Crippen LogP contribution in [0.5, 0.6) is 5.75 Å². The molecule has 0 fully saturated rings. The summed E-state index contributed by atoms with van der Waals surface area (Å²) in [7, 11) is 1.30. The van der Waals surface area contributed by atoms with Crippen LogP contribution < -0.4 is 4.74 Å². The average molecular weight is 327 g/mol. The first-order valence-corrected chi connectivity index (χ1v) is 7.46. The molecule has 2 aromatic rings. The van der Waals surface area contributed by atoms with Crippen molar-refractivity contribution >= 4 is 11.9 Å². The number of aromatic nitrogens is 2. The highest BCUT2D eigenvalue weighted by Gasteiger charge is 2.32. The first-order valence-electron chi connectivity index (χ1n) is 7.46. The van der Waals surface area contributed by atoms with Crippen molar-refractivity contribution in [1.29, 1.82) is 0 Å². The van der Waals surface area contributed by atoms with Gasteiger partial charge in [-0.05, 0) is 18.2 Å². The van der Waals surface area contributed by atoms with E-state index in [0.717, 1.165) is 5.75 Å². The minimum absolute atomic E-state index is 0.235. The van der Waals surface area contributed by atoms with Gasteiger partial charge in [0.1, 0.15) is 18.4 Å². The zero-order valence-electron chi connectivity index (χ0n) is 13.1. The Morgan fingerprint density at radius 2 is 2.12 bits per heavy atom. The monoisotopic (exact) mass is 327 g/mol. The molecular formula is C17H17N3O4. The molecule has 7 nitrogen and oxygen atoms in total. The minimum atomic E-state index is -0.705. The topological polar surface area (TPSA) is 84.5 Å². The van der Waals surface area contributed by atoms with Crippen LogP contribution in [0.3, 0.4) is 0 Å². The smallest absolute Gasteiger partial charge is 0.332 e. The van der Waals surface area contributed by atoms with Crippen molar-refractivity contribution in [2.24, 2.45) is 0 Å². The standard InChI is InChI=1S/C17H17N3O4/c1-23-17(22)15-8-5-9-20(15)16(21)14-10-12(18-19-14)11-24-13-6-3-2-4-7-13/h2-8,10,15H,9,11H2,1H3,(H,18,19)/t15-/m1/s1. The summed E-state index contributed by atoms with van der Waals surface area (Å²) in [5.41, 5.74) is 0.906. The second-order valence-electron chi connectivity index (χ2n) is 5.23. The number of aromatic amines is 1. The lowest BCUT2D eigenvalue weighted by atomic mass is 10.2. The van der Waals surface area contributed by atoms with Crippen molar-refractivity contribution < 1.29 is 19.1 Å². The number of hydrogen-bond acceptors (Lipinski definition) is 5. The zero-order valence-corrected chi connectivity index (χ0v) is 13.1. The molecule has 124 valence electrons. The van der Waals surface area contributed by atoms with Crippen LogP contribution >= 0.6 is 0 Å². The summed E-state index contributed by atoms with van der Waals surface area (Å²) in [5.74, 6) is -0.0765. The fourth-order valence-electron chi connectivity index (χ4n) is 2.43. The maximum atomic E-state index is 12.5. The Morgan fingerprint density at radius 1 is 1.33 bits per heavy atom. The van der Waals surface area contributed by atoms with Crippen molar-refractivity contribution in [3.63, 3.8) is 0 Å². The number of methoxy groups -OCH3 is 1. The third-order valence-corrected chi connectivity index (χ3v) is 3.65. The molecule has 0 aliphatic carbocycles.